The predicted octanol–water partition coefficient (Wildman–Crippen LogP) is 3.18. The number of guanidine groups is 1. The standard InChI is InChI=1S/C21H26ClN5O2/c1-3-23-20(25-15-21(2,28)19-6-4-13-29-19)24-14-18(27-12-5-11-26-27)16-7-9-17(22)10-8-16/h4-13,18,28H,3,14-15H2,1-2H3,(H2,23,24,25). The van der Waals surface area contributed by atoms with Crippen LogP contribution in [0.4, 0.5) is 0 Å². The second kappa shape index (κ2) is 9.62. The Morgan fingerprint density at radius 1 is 1.28 bits per heavy atom. The number of aliphatic imine (C=N–C) groups is 1. The molecule has 0 bridgehead atoms. The van der Waals surface area contributed by atoms with E-state index in [9.17, 15) is 5.11 Å². The van der Waals surface area contributed by atoms with Crippen molar-refractivity contribution in [2.24, 2.45) is 4.99 Å². The number of aliphatic hydroxyl groups is 1. The number of nitrogens with one attached hydrogen (secondary N) is 2. The summed E-state index contributed by atoms with van der Waals surface area (Å²) in [6.45, 7) is 5.08. The van der Waals surface area contributed by atoms with E-state index < -0.39 is 5.60 Å². The van der Waals surface area contributed by atoms with Gasteiger partial charge < -0.3 is 20.2 Å². The summed E-state index contributed by atoms with van der Waals surface area (Å²) in [4.78, 5) is 4.54. The molecular weight excluding hydrogens is 390 g/mol. The summed E-state index contributed by atoms with van der Waals surface area (Å²) < 4.78 is 7.21. The van der Waals surface area contributed by atoms with Crippen molar-refractivity contribution in [2.75, 3.05) is 19.6 Å². The maximum Gasteiger partial charge on any atom is 0.191 e. The van der Waals surface area contributed by atoms with Crippen LogP contribution in [-0.4, -0.2) is 40.5 Å². The van der Waals surface area contributed by atoms with Crippen LogP contribution in [0.25, 0.3) is 0 Å². The number of halogens is 1. The highest BCUT2D eigenvalue weighted by Gasteiger charge is 2.26. The quantitative estimate of drug-likeness (QED) is 0.388. The minimum Gasteiger partial charge on any atom is -0.466 e. The lowest BCUT2D eigenvalue weighted by molar-refractivity contribution is 0.0437. The smallest absolute Gasteiger partial charge is 0.191 e. The lowest BCUT2D eigenvalue weighted by Crippen LogP contribution is -2.41. The van der Waals surface area contributed by atoms with E-state index in [0.29, 0.717) is 29.8 Å². The van der Waals surface area contributed by atoms with Gasteiger partial charge in [0, 0.05) is 30.5 Å². The minimum atomic E-state index is -1.19. The van der Waals surface area contributed by atoms with Crippen LogP contribution in [0.15, 0.2) is 70.5 Å². The first-order chi connectivity index (χ1) is 14.0. The summed E-state index contributed by atoms with van der Waals surface area (Å²) in [5.41, 5.74) is -0.118. The molecule has 0 spiro atoms. The van der Waals surface area contributed by atoms with Gasteiger partial charge in [0.15, 0.2) is 5.96 Å². The second-order valence-corrected chi connectivity index (χ2v) is 7.32. The number of rotatable bonds is 8. The zero-order valence-electron chi connectivity index (χ0n) is 16.5. The Hall–Kier alpha value is -2.77. The third kappa shape index (κ3) is 5.62. The molecule has 0 aliphatic heterocycles. The molecule has 8 heteroatoms. The maximum atomic E-state index is 10.6. The van der Waals surface area contributed by atoms with Crippen LogP contribution in [0.1, 0.15) is 31.2 Å². The average Bonchev–Trinajstić information content (AvgIpc) is 3.42. The van der Waals surface area contributed by atoms with E-state index in [-0.39, 0.29) is 12.6 Å². The van der Waals surface area contributed by atoms with Crippen molar-refractivity contribution in [3.05, 3.63) is 77.5 Å². The van der Waals surface area contributed by atoms with Gasteiger partial charge in [0.2, 0.25) is 0 Å². The van der Waals surface area contributed by atoms with Crippen molar-refractivity contribution in [1.82, 2.24) is 20.4 Å². The van der Waals surface area contributed by atoms with Gasteiger partial charge in [-0.25, -0.2) is 4.99 Å². The molecule has 0 fully saturated rings. The van der Waals surface area contributed by atoms with E-state index in [1.165, 1.54) is 6.26 Å². The summed E-state index contributed by atoms with van der Waals surface area (Å²) >= 11 is 6.04. The normalized spacial score (nSPS) is 15.0. The van der Waals surface area contributed by atoms with Gasteiger partial charge in [0.05, 0.1) is 18.8 Å². The lowest BCUT2D eigenvalue weighted by Gasteiger charge is -2.22. The molecule has 29 heavy (non-hydrogen) atoms. The number of benzene rings is 1. The van der Waals surface area contributed by atoms with Gasteiger partial charge in [-0.2, -0.15) is 5.10 Å². The summed E-state index contributed by atoms with van der Waals surface area (Å²) in [6.07, 6.45) is 5.22. The van der Waals surface area contributed by atoms with E-state index >= 15 is 0 Å². The van der Waals surface area contributed by atoms with Crippen molar-refractivity contribution < 1.29 is 9.52 Å². The molecular formula is C21H26ClN5O2. The van der Waals surface area contributed by atoms with E-state index in [1.807, 2.05) is 48.1 Å². The van der Waals surface area contributed by atoms with Crippen molar-refractivity contribution in [1.29, 1.82) is 0 Å². The first kappa shape index (κ1) is 21.0. The van der Waals surface area contributed by atoms with Crippen LogP contribution >= 0.6 is 11.6 Å². The van der Waals surface area contributed by atoms with Crippen molar-refractivity contribution >= 4 is 17.6 Å². The summed E-state index contributed by atoms with van der Waals surface area (Å²) in [7, 11) is 0. The maximum absolute atomic E-state index is 10.6. The zero-order chi connectivity index (χ0) is 20.7. The molecule has 2 aromatic heterocycles. The molecule has 0 radical (unpaired) electrons. The molecule has 3 aromatic rings. The fourth-order valence-electron chi connectivity index (χ4n) is 2.95. The Labute approximate surface area is 175 Å². The van der Waals surface area contributed by atoms with Gasteiger partial charge in [-0.15, -0.1) is 0 Å². The molecule has 154 valence electrons. The van der Waals surface area contributed by atoms with Crippen LogP contribution in [0.3, 0.4) is 0 Å². The van der Waals surface area contributed by atoms with Gasteiger partial charge in [0.1, 0.15) is 11.4 Å². The van der Waals surface area contributed by atoms with E-state index in [4.69, 9.17) is 16.0 Å². The molecule has 0 saturated heterocycles. The topological polar surface area (TPSA) is 87.6 Å². The van der Waals surface area contributed by atoms with Gasteiger partial charge in [-0.1, -0.05) is 23.7 Å². The molecule has 0 aliphatic rings. The molecule has 0 amide bonds. The van der Waals surface area contributed by atoms with Crippen LogP contribution in [0.5, 0.6) is 0 Å². The van der Waals surface area contributed by atoms with Crippen molar-refractivity contribution in [2.45, 2.75) is 25.5 Å². The molecule has 3 rings (SSSR count). The van der Waals surface area contributed by atoms with Gasteiger partial charge in [-0.3, -0.25) is 4.68 Å². The number of aromatic nitrogens is 2. The number of nitrogens with zero attached hydrogens (tertiary/aromatic N) is 3. The third-order valence-electron chi connectivity index (χ3n) is 4.50. The number of hydrogen-bond acceptors (Lipinski definition) is 4. The Balaban J connectivity index is 1.73. The first-order valence-corrected chi connectivity index (χ1v) is 9.90. The molecule has 2 unspecified atom stereocenters. The van der Waals surface area contributed by atoms with Crippen LogP contribution in [-0.2, 0) is 5.60 Å². The number of furan rings is 1. The molecule has 2 heterocycles. The molecule has 7 nitrogen and oxygen atoms in total. The van der Waals surface area contributed by atoms with Crippen LogP contribution < -0.4 is 10.6 Å². The molecule has 1 aromatic carbocycles. The largest absolute Gasteiger partial charge is 0.466 e. The highest BCUT2D eigenvalue weighted by atomic mass is 35.5. The van der Waals surface area contributed by atoms with Crippen LogP contribution in [0.2, 0.25) is 5.02 Å². The summed E-state index contributed by atoms with van der Waals surface area (Å²) in [5.74, 6) is 1.08. The van der Waals surface area contributed by atoms with E-state index in [2.05, 4.69) is 20.7 Å². The monoisotopic (exact) mass is 415 g/mol. The molecule has 0 saturated carbocycles. The van der Waals surface area contributed by atoms with E-state index in [0.717, 1.165) is 5.56 Å². The highest BCUT2D eigenvalue weighted by Crippen LogP contribution is 2.21. The molecule has 0 aliphatic carbocycles. The average molecular weight is 416 g/mol. The predicted molar refractivity (Wildman–Crippen MR) is 114 cm³/mol. The summed E-state index contributed by atoms with van der Waals surface area (Å²) in [6, 6.07) is 13.0. The van der Waals surface area contributed by atoms with Gasteiger partial charge in [-0.05, 0) is 49.7 Å². The first-order valence-electron chi connectivity index (χ1n) is 9.52. The van der Waals surface area contributed by atoms with Gasteiger partial charge >= 0.3 is 0 Å². The summed E-state index contributed by atoms with van der Waals surface area (Å²) in [5, 5.41) is 22.3. The highest BCUT2D eigenvalue weighted by molar-refractivity contribution is 6.30. The minimum absolute atomic E-state index is 0.0447. The molecule has 3 N–H and O–H groups in total. The van der Waals surface area contributed by atoms with Crippen molar-refractivity contribution in [3.8, 4) is 0 Å². The van der Waals surface area contributed by atoms with Crippen molar-refractivity contribution in [3.63, 3.8) is 0 Å². The van der Waals surface area contributed by atoms with E-state index in [1.54, 1.807) is 25.3 Å². The molecule has 2 atom stereocenters. The Morgan fingerprint density at radius 2 is 2.07 bits per heavy atom. The Kier molecular flexibility index (Phi) is 6.95. The van der Waals surface area contributed by atoms with Crippen LogP contribution in [0, 0.1) is 0 Å². The number of hydrogen-bond donors (Lipinski definition) is 3. The third-order valence-corrected chi connectivity index (χ3v) is 4.76. The lowest BCUT2D eigenvalue weighted by atomic mass is 10.0. The van der Waals surface area contributed by atoms with Gasteiger partial charge in [0.25, 0.3) is 0 Å². The Bertz CT molecular complexity index is 890. The fraction of sp³-hybridized carbons (Fsp3) is 0.333. The second-order valence-electron chi connectivity index (χ2n) is 6.88. The fourth-order valence-corrected chi connectivity index (χ4v) is 3.07. The zero-order valence-corrected chi connectivity index (χ0v) is 17.3. The Morgan fingerprint density at radius 3 is 2.69 bits per heavy atom. The SMILES string of the molecule is CCNC(=NCC(C)(O)c1ccco1)NCC(c1ccc(Cl)cc1)n1cccn1.